The summed E-state index contributed by atoms with van der Waals surface area (Å²) in [5.41, 5.74) is 2.97. The topological polar surface area (TPSA) is 15.3 Å². The van der Waals surface area contributed by atoms with Gasteiger partial charge in [0.1, 0.15) is 0 Å². The monoisotopic (exact) mass is 248 g/mol. The Morgan fingerprint density at radius 3 is 2.39 bits per heavy atom. The molecule has 2 heteroatoms. The predicted molar refractivity (Wildman–Crippen MR) is 79.9 cm³/mol. The zero-order valence-corrected chi connectivity index (χ0v) is 12.2. The van der Waals surface area contributed by atoms with Gasteiger partial charge in [-0.05, 0) is 57.1 Å². The van der Waals surface area contributed by atoms with Crippen molar-refractivity contribution in [3.63, 3.8) is 0 Å². The number of benzene rings is 1. The van der Waals surface area contributed by atoms with Crippen LogP contribution in [0.1, 0.15) is 37.8 Å². The molecule has 0 bridgehead atoms. The van der Waals surface area contributed by atoms with Crippen molar-refractivity contribution in [3.05, 3.63) is 35.4 Å². The summed E-state index contributed by atoms with van der Waals surface area (Å²) < 4.78 is 0. The second-order valence-electron chi connectivity index (χ2n) is 5.01. The Bertz CT molecular complexity index is 323. The number of nitrogens with zero attached hydrogens (tertiary/aromatic N) is 1. The van der Waals surface area contributed by atoms with Crippen LogP contribution in [0.5, 0.6) is 0 Å². The molecule has 0 saturated heterocycles. The highest BCUT2D eigenvalue weighted by Crippen LogP contribution is 2.11. The first-order chi connectivity index (χ1) is 8.77. The number of rotatable bonds is 9. The van der Waals surface area contributed by atoms with Crippen LogP contribution in [0.3, 0.4) is 0 Å². The molecule has 1 aromatic rings. The molecule has 2 nitrogen and oxygen atoms in total. The molecule has 18 heavy (non-hydrogen) atoms. The Balaban J connectivity index is 2.50. The van der Waals surface area contributed by atoms with Crippen LogP contribution >= 0.6 is 0 Å². The largest absolute Gasteiger partial charge is 0.316 e. The second-order valence-corrected chi connectivity index (χ2v) is 5.01. The summed E-state index contributed by atoms with van der Waals surface area (Å²) in [6.45, 7) is 8.89. The quantitative estimate of drug-likeness (QED) is 0.676. The lowest BCUT2D eigenvalue weighted by Crippen LogP contribution is -2.21. The van der Waals surface area contributed by atoms with Crippen molar-refractivity contribution in [2.75, 3.05) is 26.7 Å². The number of hydrogen-bond acceptors (Lipinski definition) is 2. The molecule has 0 spiro atoms. The minimum absolute atomic E-state index is 1.07. The number of nitrogens with one attached hydrogen (secondary N) is 1. The molecule has 0 heterocycles. The lowest BCUT2D eigenvalue weighted by atomic mass is 10.0. The minimum Gasteiger partial charge on any atom is -0.316 e. The first-order valence-corrected chi connectivity index (χ1v) is 7.24. The van der Waals surface area contributed by atoms with E-state index < -0.39 is 0 Å². The van der Waals surface area contributed by atoms with Crippen molar-refractivity contribution < 1.29 is 0 Å². The summed E-state index contributed by atoms with van der Waals surface area (Å²) in [6, 6.07) is 8.83. The third-order valence-corrected chi connectivity index (χ3v) is 3.16. The normalized spacial score (nSPS) is 11.1. The van der Waals surface area contributed by atoms with Gasteiger partial charge in [-0.25, -0.2) is 0 Å². The Kier molecular flexibility index (Phi) is 7.70. The maximum atomic E-state index is 3.48. The van der Waals surface area contributed by atoms with Gasteiger partial charge in [-0.3, -0.25) is 0 Å². The summed E-state index contributed by atoms with van der Waals surface area (Å²) in [7, 11) is 2.20. The van der Waals surface area contributed by atoms with Crippen molar-refractivity contribution in [1.29, 1.82) is 0 Å². The minimum atomic E-state index is 1.07. The van der Waals surface area contributed by atoms with Gasteiger partial charge >= 0.3 is 0 Å². The molecule has 102 valence electrons. The van der Waals surface area contributed by atoms with Gasteiger partial charge in [0.2, 0.25) is 0 Å². The summed E-state index contributed by atoms with van der Waals surface area (Å²) in [6.07, 6.45) is 3.56. The van der Waals surface area contributed by atoms with Crippen LogP contribution in [0, 0.1) is 0 Å². The highest BCUT2D eigenvalue weighted by molar-refractivity contribution is 5.27. The van der Waals surface area contributed by atoms with Crippen molar-refractivity contribution in [3.8, 4) is 0 Å². The average molecular weight is 248 g/mol. The zero-order valence-electron chi connectivity index (χ0n) is 12.2. The molecule has 0 unspecified atom stereocenters. The highest BCUT2D eigenvalue weighted by Gasteiger charge is 2.04. The van der Waals surface area contributed by atoms with Crippen LogP contribution in [-0.4, -0.2) is 31.6 Å². The summed E-state index contributed by atoms with van der Waals surface area (Å²) in [5.74, 6) is 0. The third-order valence-electron chi connectivity index (χ3n) is 3.16. The average Bonchev–Trinajstić information content (AvgIpc) is 2.37. The SMILES string of the molecule is CCCNCCc1ccccc1CN(C)CCC. The van der Waals surface area contributed by atoms with Crippen molar-refractivity contribution in [2.45, 2.75) is 39.7 Å². The Morgan fingerprint density at radius 2 is 1.72 bits per heavy atom. The van der Waals surface area contributed by atoms with Crippen LogP contribution in [-0.2, 0) is 13.0 Å². The third kappa shape index (κ3) is 5.65. The molecule has 1 aromatic carbocycles. The number of hydrogen-bond donors (Lipinski definition) is 1. The zero-order chi connectivity index (χ0) is 13.2. The molecule has 0 aromatic heterocycles. The van der Waals surface area contributed by atoms with E-state index in [4.69, 9.17) is 0 Å². The Labute approximate surface area is 112 Å². The van der Waals surface area contributed by atoms with E-state index in [0.717, 1.165) is 26.1 Å². The lowest BCUT2D eigenvalue weighted by Gasteiger charge is -2.18. The van der Waals surface area contributed by atoms with Crippen molar-refractivity contribution in [1.82, 2.24) is 10.2 Å². The molecule has 0 amide bonds. The fourth-order valence-corrected chi connectivity index (χ4v) is 2.23. The van der Waals surface area contributed by atoms with Crippen LogP contribution in [0.4, 0.5) is 0 Å². The molecular formula is C16H28N2. The Morgan fingerprint density at radius 1 is 1.00 bits per heavy atom. The van der Waals surface area contributed by atoms with E-state index in [0.29, 0.717) is 0 Å². The van der Waals surface area contributed by atoms with E-state index in [-0.39, 0.29) is 0 Å². The highest BCUT2D eigenvalue weighted by atomic mass is 15.1. The first kappa shape index (κ1) is 15.2. The summed E-state index contributed by atoms with van der Waals surface area (Å²) in [4.78, 5) is 2.40. The predicted octanol–water partition coefficient (Wildman–Crippen LogP) is 3.07. The van der Waals surface area contributed by atoms with E-state index >= 15 is 0 Å². The molecular weight excluding hydrogens is 220 g/mol. The maximum absolute atomic E-state index is 3.48. The maximum Gasteiger partial charge on any atom is 0.0233 e. The van der Waals surface area contributed by atoms with E-state index in [2.05, 4.69) is 55.4 Å². The molecule has 0 atom stereocenters. The molecule has 0 aliphatic rings. The fraction of sp³-hybridized carbons (Fsp3) is 0.625. The second kappa shape index (κ2) is 9.12. The smallest absolute Gasteiger partial charge is 0.0233 e. The van der Waals surface area contributed by atoms with Gasteiger partial charge in [0.25, 0.3) is 0 Å². The van der Waals surface area contributed by atoms with Crippen molar-refractivity contribution >= 4 is 0 Å². The van der Waals surface area contributed by atoms with Crippen molar-refractivity contribution in [2.24, 2.45) is 0 Å². The van der Waals surface area contributed by atoms with Crippen LogP contribution in [0.2, 0.25) is 0 Å². The molecule has 0 aliphatic carbocycles. The van der Waals surface area contributed by atoms with E-state index in [1.807, 2.05) is 0 Å². The standard InChI is InChI=1S/C16H28N2/c1-4-11-17-12-10-15-8-6-7-9-16(15)14-18(3)13-5-2/h6-9,17H,4-5,10-14H2,1-3H3. The molecule has 0 radical (unpaired) electrons. The van der Waals surface area contributed by atoms with Gasteiger partial charge in [-0.15, -0.1) is 0 Å². The van der Waals surface area contributed by atoms with Crippen LogP contribution in [0.25, 0.3) is 0 Å². The molecule has 0 fully saturated rings. The fourth-order valence-electron chi connectivity index (χ4n) is 2.23. The summed E-state index contributed by atoms with van der Waals surface area (Å²) in [5, 5.41) is 3.48. The van der Waals surface area contributed by atoms with Crippen LogP contribution in [0.15, 0.2) is 24.3 Å². The van der Waals surface area contributed by atoms with Gasteiger partial charge in [-0.1, -0.05) is 38.1 Å². The summed E-state index contributed by atoms with van der Waals surface area (Å²) >= 11 is 0. The Hall–Kier alpha value is -0.860. The lowest BCUT2D eigenvalue weighted by molar-refractivity contribution is 0.326. The van der Waals surface area contributed by atoms with E-state index in [1.165, 1.54) is 30.5 Å². The van der Waals surface area contributed by atoms with Gasteiger partial charge in [0, 0.05) is 6.54 Å². The molecule has 1 rings (SSSR count). The van der Waals surface area contributed by atoms with Gasteiger partial charge < -0.3 is 10.2 Å². The molecule has 0 saturated carbocycles. The van der Waals surface area contributed by atoms with E-state index in [9.17, 15) is 0 Å². The van der Waals surface area contributed by atoms with Crippen LogP contribution < -0.4 is 5.32 Å². The van der Waals surface area contributed by atoms with E-state index in [1.54, 1.807) is 0 Å². The van der Waals surface area contributed by atoms with Gasteiger partial charge in [0.05, 0.1) is 0 Å². The van der Waals surface area contributed by atoms with Gasteiger partial charge in [-0.2, -0.15) is 0 Å². The molecule has 0 aliphatic heterocycles. The molecule has 1 N–H and O–H groups in total. The van der Waals surface area contributed by atoms with Gasteiger partial charge in [0.15, 0.2) is 0 Å². The first-order valence-electron chi connectivity index (χ1n) is 7.24.